The van der Waals surface area contributed by atoms with Crippen LogP contribution in [0.5, 0.6) is 5.75 Å². The van der Waals surface area contributed by atoms with Crippen molar-refractivity contribution in [2.24, 2.45) is 0 Å². The summed E-state index contributed by atoms with van der Waals surface area (Å²) in [5, 5.41) is 19.7. The van der Waals surface area contributed by atoms with Gasteiger partial charge in [0.25, 0.3) is 0 Å². The average molecular weight is 248 g/mol. The third kappa shape index (κ3) is 3.32. The highest BCUT2D eigenvalue weighted by Gasteiger charge is 2.25. The minimum absolute atomic E-state index is 0.0195. The molecule has 0 bridgehead atoms. The van der Waals surface area contributed by atoms with Crippen LogP contribution >= 0.6 is 0 Å². The zero-order chi connectivity index (χ0) is 13.0. The van der Waals surface area contributed by atoms with Gasteiger partial charge < -0.3 is 19.5 Å². The minimum Gasteiger partial charge on any atom is -0.488 e. The monoisotopic (exact) mass is 248 g/mol. The highest BCUT2D eigenvalue weighted by molar-refractivity contribution is 5.20. The quantitative estimate of drug-likeness (QED) is 0.773. The smallest absolute Gasteiger partial charge is 0.216 e. The van der Waals surface area contributed by atoms with Gasteiger partial charge in [0.2, 0.25) is 5.79 Å². The predicted octanol–water partition coefficient (Wildman–Crippen LogP) is 0.951. The zero-order valence-electron chi connectivity index (χ0n) is 10.2. The van der Waals surface area contributed by atoms with Gasteiger partial charge in [-0.3, -0.25) is 0 Å². The molecule has 18 heavy (non-hydrogen) atoms. The molecule has 0 amide bonds. The summed E-state index contributed by atoms with van der Waals surface area (Å²) < 4.78 is 6.99. The van der Waals surface area contributed by atoms with E-state index in [9.17, 15) is 10.2 Å². The van der Waals surface area contributed by atoms with Crippen LogP contribution in [0.1, 0.15) is 5.82 Å². The van der Waals surface area contributed by atoms with Gasteiger partial charge in [0.05, 0.1) is 6.54 Å². The Hall–Kier alpha value is -1.85. The van der Waals surface area contributed by atoms with Gasteiger partial charge in [-0.05, 0) is 19.1 Å². The van der Waals surface area contributed by atoms with E-state index in [1.165, 1.54) is 0 Å². The number of aryl methyl sites for hydroxylation is 1. The standard InChI is InChI=1S/C13H16N2O3/c1-11-14-7-8-15(11)9-13(16,17)10-18-12-5-3-2-4-6-12/h2-8,16-17H,9-10H2,1H3. The highest BCUT2D eigenvalue weighted by Crippen LogP contribution is 2.12. The molecule has 2 rings (SSSR count). The Bertz CT molecular complexity index is 494. The van der Waals surface area contributed by atoms with Crippen molar-refractivity contribution >= 4 is 0 Å². The van der Waals surface area contributed by atoms with Gasteiger partial charge in [-0.2, -0.15) is 0 Å². The number of hydrogen-bond donors (Lipinski definition) is 2. The Kier molecular flexibility index (Phi) is 3.64. The van der Waals surface area contributed by atoms with Gasteiger partial charge in [-0.15, -0.1) is 0 Å². The summed E-state index contributed by atoms with van der Waals surface area (Å²) in [6.07, 6.45) is 3.31. The maximum absolute atomic E-state index is 9.85. The SMILES string of the molecule is Cc1nccn1CC(O)(O)COc1ccccc1. The van der Waals surface area contributed by atoms with Gasteiger partial charge in [0, 0.05) is 12.4 Å². The van der Waals surface area contributed by atoms with Crippen LogP contribution in [0.2, 0.25) is 0 Å². The lowest BCUT2D eigenvalue weighted by molar-refractivity contribution is -0.190. The van der Waals surface area contributed by atoms with Crippen LogP contribution in [0.15, 0.2) is 42.7 Å². The van der Waals surface area contributed by atoms with E-state index in [1.807, 2.05) is 18.2 Å². The van der Waals surface area contributed by atoms with E-state index in [0.717, 1.165) is 5.82 Å². The first-order valence-corrected chi connectivity index (χ1v) is 5.67. The van der Waals surface area contributed by atoms with Gasteiger partial charge in [-0.25, -0.2) is 4.98 Å². The fourth-order valence-electron chi connectivity index (χ4n) is 1.60. The molecule has 1 aromatic heterocycles. The molecular weight excluding hydrogens is 232 g/mol. The van der Waals surface area contributed by atoms with Crippen LogP contribution in [0.4, 0.5) is 0 Å². The van der Waals surface area contributed by atoms with E-state index < -0.39 is 5.79 Å². The Labute approximate surface area is 105 Å². The summed E-state index contributed by atoms with van der Waals surface area (Å²) in [7, 11) is 0. The van der Waals surface area contributed by atoms with Crippen LogP contribution in [0, 0.1) is 6.92 Å². The summed E-state index contributed by atoms with van der Waals surface area (Å²) >= 11 is 0. The molecule has 0 radical (unpaired) electrons. The lowest BCUT2D eigenvalue weighted by Crippen LogP contribution is -2.40. The van der Waals surface area contributed by atoms with Crippen molar-refractivity contribution < 1.29 is 14.9 Å². The van der Waals surface area contributed by atoms with E-state index in [1.54, 1.807) is 36.0 Å². The van der Waals surface area contributed by atoms with Crippen molar-refractivity contribution in [3.63, 3.8) is 0 Å². The number of aromatic nitrogens is 2. The van der Waals surface area contributed by atoms with E-state index in [4.69, 9.17) is 4.74 Å². The molecule has 2 aromatic rings. The van der Waals surface area contributed by atoms with E-state index in [2.05, 4.69) is 4.98 Å². The topological polar surface area (TPSA) is 67.5 Å². The first-order chi connectivity index (χ1) is 8.57. The Balaban J connectivity index is 1.93. The number of imidazole rings is 1. The molecular formula is C13H16N2O3. The summed E-state index contributed by atoms with van der Waals surface area (Å²) in [4.78, 5) is 4.02. The van der Waals surface area contributed by atoms with Crippen molar-refractivity contribution in [2.45, 2.75) is 19.3 Å². The second-order valence-corrected chi connectivity index (χ2v) is 4.19. The second-order valence-electron chi connectivity index (χ2n) is 4.19. The highest BCUT2D eigenvalue weighted by atomic mass is 16.6. The van der Waals surface area contributed by atoms with Crippen LogP contribution in [0.25, 0.3) is 0 Å². The number of aliphatic hydroxyl groups is 2. The second kappa shape index (κ2) is 5.20. The normalized spacial score (nSPS) is 11.5. The average Bonchev–Trinajstić information content (AvgIpc) is 2.73. The van der Waals surface area contributed by atoms with Crippen LogP contribution < -0.4 is 4.74 Å². The third-order valence-electron chi connectivity index (χ3n) is 2.56. The van der Waals surface area contributed by atoms with Crippen molar-refractivity contribution in [3.05, 3.63) is 48.5 Å². The molecule has 0 unspecified atom stereocenters. The van der Waals surface area contributed by atoms with E-state index in [0.29, 0.717) is 5.75 Å². The first kappa shape index (κ1) is 12.6. The molecule has 0 saturated carbocycles. The Morgan fingerprint density at radius 3 is 2.61 bits per heavy atom. The van der Waals surface area contributed by atoms with Gasteiger partial charge >= 0.3 is 0 Å². The molecule has 0 atom stereocenters. The minimum atomic E-state index is -1.93. The summed E-state index contributed by atoms with van der Waals surface area (Å²) in [6, 6.07) is 9.04. The van der Waals surface area contributed by atoms with Gasteiger partial charge in [-0.1, -0.05) is 18.2 Å². The fraction of sp³-hybridized carbons (Fsp3) is 0.308. The summed E-state index contributed by atoms with van der Waals surface area (Å²) in [5.41, 5.74) is 0. The molecule has 0 fully saturated rings. The lowest BCUT2D eigenvalue weighted by Gasteiger charge is -2.23. The van der Waals surface area contributed by atoms with Crippen LogP contribution in [-0.2, 0) is 6.54 Å². The van der Waals surface area contributed by atoms with Crippen molar-refractivity contribution in [1.29, 1.82) is 0 Å². The molecule has 0 saturated heterocycles. The molecule has 1 heterocycles. The first-order valence-electron chi connectivity index (χ1n) is 5.67. The van der Waals surface area contributed by atoms with Crippen LogP contribution in [-0.4, -0.2) is 32.2 Å². The third-order valence-corrected chi connectivity index (χ3v) is 2.56. The van der Waals surface area contributed by atoms with Crippen molar-refractivity contribution in [3.8, 4) is 5.75 Å². The van der Waals surface area contributed by atoms with E-state index in [-0.39, 0.29) is 13.2 Å². The molecule has 0 aliphatic heterocycles. The van der Waals surface area contributed by atoms with Crippen LogP contribution in [0.3, 0.4) is 0 Å². The molecule has 96 valence electrons. The number of nitrogens with zero attached hydrogens (tertiary/aromatic N) is 2. The molecule has 0 aliphatic rings. The maximum atomic E-state index is 9.85. The number of rotatable bonds is 5. The largest absolute Gasteiger partial charge is 0.488 e. The van der Waals surface area contributed by atoms with Crippen molar-refractivity contribution in [1.82, 2.24) is 9.55 Å². The summed E-state index contributed by atoms with van der Waals surface area (Å²) in [5.74, 6) is -0.601. The van der Waals surface area contributed by atoms with Crippen molar-refractivity contribution in [2.75, 3.05) is 6.61 Å². The molecule has 5 heteroatoms. The summed E-state index contributed by atoms with van der Waals surface area (Å²) in [6.45, 7) is 1.62. The predicted molar refractivity (Wildman–Crippen MR) is 66.1 cm³/mol. The number of para-hydroxylation sites is 1. The maximum Gasteiger partial charge on any atom is 0.216 e. The molecule has 2 N–H and O–H groups in total. The van der Waals surface area contributed by atoms with Gasteiger partial charge in [0.15, 0.2) is 0 Å². The number of benzene rings is 1. The molecule has 0 spiro atoms. The molecule has 1 aromatic carbocycles. The number of hydrogen-bond acceptors (Lipinski definition) is 4. The Morgan fingerprint density at radius 1 is 1.28 bits per heavy atom. The van der Waals surface area contributed by atoms with Gasteiger partial charge in [0.1, 0.15) is 18.2 Å². The zero-order valence-corrected chi connectivity index (χ0v) is 10.2. The van der Waals surface area contributed by atoms with E-state index >= 15 is 0 Å². The molecule has 5 nitrogen and oxygen atoms in total. The fourth-order valence-corrected chi connectivity index (χ4v) is 1.60. The Morgan fingerprint density at radius 2 is 2.00 bits per heavy atom. The number of ether oxygens (including phenoxy) is 1. The molecule has 0 aliphatic carbocycles. The lowest BCUT2D eigenvalue weighted by atomic mass is 10.3.